The molecule has 45 heavy (non-hydrogen) atoms. The zero-order chi connectivity index (χ0) is 32.2. The Balaban J connectivity index is 1.69. The van der Waals surface area contributed by atoms with Crippen molar-refractivity contribution in [1.82, 2.24) is 15.3 Å². The van der Waals surface area contributed by atoms with Crippen molar-refractivity contribution in [3.8, 4) is 57.0 Å². The van der Waals surface area contributed by atoms with Gasteiger partial charge in [-0.05, 0) is 60.7 Å². The van der Waals surface area contributed by atoms with Crippen LogP contribution in [0.5, 0.6) is 34.5 Å². The molecule has 1 aromatic heterocycles. The van der Waals surface area contributed by atoms with Crippen LogP contribution < -0.4 is 33.7 Å². The van der Waals surface area contributed by atoms with Crippen molar-refractivity contribution in [3.05, 3.63) is 48.0 Å². The lowest BCUT2D eigenvalue weighted by molar-refractivity contribution is 0.0891. The zero-order valence-corrected chi connectivity index (χ0v) is 27.1. The number of carbonyl (C=O) groups excluding carboxylic acids is 1. The van der Waals surface area contributed by atoms with Crippen molar-refractivity contribution >= 4 is 16.9 Å². The number of ether oxygens (including phenoxy) is 6. The predicted octanol–water partition coefficient (Wildman–Crippen LogP) is 6.57. The van der Waals surface area contributed by atoms with Crippen LogP contribution in [-0.2, 0) is 0 Å². The van der Waals surface area contributed by atoms with Gasteiger partial charge in [-0.25, -0.2) is 9.97 Å². The number of carbonyl (C=O) groups is 1. The maximum Gasteiger partial charge on any atom is 0.251 e. The second-order valence-electron chi connectivity index (χ2n) is 11.3. The first-order chi connectivity index (χ1) is 21.8. The van der Waals surface area contributed by atoms with E-state index in [4.69, 9.17) is 38.4 Å². The number of fused-ring (bicyclic) bond motifs is 1. The molecule has 1 heterocycles. The molecule has 238 valence electrons. The predicted molar refractivity (Wildman–Crippen MR) is 173 cm³/mol. The number of hydrogen-bond acceptors (Lipinski definition) is 9. The van der Waals surface area contributed by atoms with Gasteiger partial charge in [-0.1, -0.05) is 26.7 Å². The van der Waals surface area contributed by atoms with Crippen LogP contribution in [0.3, 0.4) is 0 Å². The van der Waals surface area contributed by atoms with Crippen molar-refractivity contribution in [2.45, 2.75) is 39.2 Å². The SMILES string of the molecule is COc1cc(-c2nc3ccc(C(=O)N[C@@H]4CCC[C@H](C)[C@H]4C)cc3nc2-c2cc(OC)c(OC)c(OC)c2)cc(OC)c1OC. The molecule has 0 spiro atoms. The summed E-state index contributed by atoms with van der Waals surface area (Å²) in [7, 11) is 9.36. The van der Waals surface area contributed by atoms with Crippen LogP contribution in [0.4, 0.5) is 0 Å². The fraction of sp³-hybridized carbons (Fsp3) is 0.400. The Labute approximate surface area is 264 Å². The summed E-state index contributed by atoms with van der Waals surface area (Å²) in [5.74, 6) is 3.67. The van der Waals surface area contributed by atoms with Crippen LogP contribution in [0.1, 0.15) is 43.5 Å². The van der Waals surface area contributed by atoms with Gasteiger partial charge >= 0.3 is 0 Å². The first-order valence-corrected chi connectivity index (χ1v) is 15.0. The molecule has 10 heteroatoms. The largest absolute Gasteiger partial charge is 0.493 e. The van der Waals surface area contributed by atoms with Crippen molar-refractivity contribution in [3.63, 3.8) is 0 Å². The van der Waals surface area contributed by atoms with Crippen LogP contribution in [0.2, 0.25) is 0 Å². The van der Waals surface area contributed by atoms with Crippen molar-refractivity contribution in [1.29, 1.82) is 0 Å². The van der Waals surface area contributed by atoms with Crippen LogP contribution in [0.25, 0.3) is 33.5 Å². The number of nitrogens with zero attached hydrogens (tertiary/aromatic N) is 2. The van der Waals surface area contributed by atoms with E-state index in [0.717, 1.165) is 12.8 Å². The molecule has 1 aliphatic rings. The summed E-state index contributed by atoms with van der Waals surface area (Å²) in [6.07, 6.45) is 3.28. The van der Waals surface area contributed by atoms with Crippen molar-refractivity contribution < 1.29 is 33.2 Å². The van der Waals surface area contributed by atoms with Crippen LogP contribution in [0, 0.1) is 11.8 Å². The topological polar surface area (TPSA) is 110 Å². The summed E-state index contributed by atoms with van der Waals surface area (Å²) in [6.45, 7) is 4.47. The Kier molecular flexibility index (Phi) is 9.51. The molecule has 3 aromatic carbocycles. The molecule has 5 rings (SSSR count). The average Bonchev–Trinajstić information content (AvgIpc) is 3.07. The van der Waals surface area contributed by atoms with E-state index in [0.29, 0.717) is 85.4 Å². The number of amides is 1. The second-order valence-corrected chi connectivity index (χ2v) is 11.3. The summed E-state index contributed by atoms with van der Waals surface area (Å²) in [5, 5.41) is 3.27. The third-order valence-electron chi connectivity index (χ3n) is 8.83. The third kappa shape index (κ3) is 6.14. The maximum absolute atomic E-state index is 13.4. The number of methoxy groups -OCH3 is 6. The Bertz CT molecular complexity index is 1660. The van der Waals surface area contributed by atoms with Gasteiger partial charge < -0.3 is 33.7 Å². The number of nitrogens with one attached hydrogen (secondary N) is 1. The lowest BCUT2D eigenvalue weighted by atomic mass is 9.78. The molecular formula is C35H41N3O7. The van der Waals surface area contributed by atoms with Crippen LogP contribution in [-0.4, -0.2) is 64.6 Å². The highest BCUT2D eigenvalue weighted by molar-refractivity contribution is 5.98. The van der Waals surface area contributed by atoms with E-state index < -0.39 is 0 Å². The van der Waals surface area contributed by atoms with E-state index in [9.17, 15) is 4.79 Å². The number of hydrogen-bond donors (Lipinski definition) is 1. The average molecular weight is 616 g/mol. The monoisotopic (exact) mass is 615 g/mol. The fourth-order valence-electron chi connectivity index (χ4n) is 6.07. The lowest BCUT2D eigenvalue weighted by Gasteiger charge is -2.34. The number of rotatable bonds is 10. The molecule has 0 bridgehead atoms. The normalized spacial score (nSPS) is 17.8. The lowest BCUT2D eigenvalue weighted by Crippen LogP contribution is -2.43. The summed E-state index contributed by atoms with van der Waals surface area (Å²) >= 11 is 0. The zero-order valence-electron chi connectivity index (χ0n) is 27.1. The van der Waals surface area contributed by atoms with Crippen molar-refractivity contribution in [2.75, 3.05) is 42.7 Å². The van der Waals surface area contributed by atoms with E-state index in [2.05, 4.69) is 19.2 Å². The minimum Gasteiger partial charge on any atom is -0.493 e. The molecule has 0 saturated heterocycles. The highest BCUT2D eigenvalue weighted by atomic mass is 16.5. The third-order valence-corrected chi connectivity index (χ3v) is 8.83. The minimum atomic E-state index is -0.118. The first-order valence-electron chi connectivity index (χ1n) is 15.0. The Morgan fingerprint density at radius 1 is 0.667 bits per heavy atom. The first kappa shape index (κ1) is 31.7. The molecule has 1 N–H and O–H groups in total. The van der Waals surface area contributed by atoms with Gasteiger partial charge in [0.1, 0.15) is 0 Å². The van der Waals surface area contributed by atoms with Gasteiger partial charge in [-0.3, -0.25) is 4.79 Å². The molecular weight excluding hydrogens is 574 g/mol. The van der Waals surface area contributed by atoms with E-state index >= 15 is 0 Å². The molecule has 10 nitrogen and oxygen atoms in total. The fourth-order valence-corrected chi connectivity index (χ4v) is 6.07. The molecule has 0 unspecified atom stereocenters. The molecule has 0 aliphatic heterocycles. The van der Waals surface area contributed by atoms with E-state index in [1.165, 1.54) is 6.42 Å². The van der Waals surface area contributed by atoms with Gasteiger partial charge in [0.25, 0.3) is 5.91 Å². The Morgan fingerprint density at radius 3 is 1.62 bits per heavy atom. The molecule has 1 aliphatic carbocycles. The summed E-state index contributed by atoms with van der Waals surface area (Å²) in [4.78, 5) is 23.6. The Morgan fingerprint density at radius 2 is 1.16 bits per heavy atom. The summed E-state index contributed by atoms with van der Waals surface area (Å²) in [6, 6.07) is 12.8. The van der Waals surface area contributed by atoms with Gasteiger partial charge in [-0.2, -0.15) is 0 Å². The van der Waals surface area contributed by atoms with E-state index in [1.807, 2.05) is 30.3 Å². The van der Waals surface area contributed by atoms with Crippen LogP contribution in [0.15, 0.2) is 42.5 Å². The highest BCUT2D eigenvalue weighted by Gasteiger charge is 2.29. The van der Waals surface area contributed by atoms with Crippen LogP contribution >= 0.6 is 0 Å². The van der Waals surface area contributed by atoms with Gasteiger partial charge in [0.15, 0.2) is 23.0 Å². The maximum atomic E-state index is 13.4. The minimum absolute atomic E-state index is 0.118. The summed E-state index contributed by atoms with van der Waals surface area (Å²) in [5.41, 5.74) is 4.14. The molecule has 1 saturated carbocycles. The number of benzene rings is 3. The molecule has 4 aromatic rings. The van der Waals surface area contributed by atoms with Crippen molar-refractivity contribution in [2.24, 2.45) is 11.8 Å². The quantitative estimate of drug-likeness (QED) is 0.212. The Hall–Kier alpha value is -4.73. The molecule has 1 fully saturated rings. The molecule has 0 radical (unpaired) electrons. The molecule has 1 amide bonds. The van der Waals surface area contributed by atoms with E-state index in [1.54, 1.807) is 54.8 Å². The highest BCUT2D eigenvalue weighted by Crippen LogP contribution is 2.45. The van der Waals surface area contributed by atoms with Gasteiger partial charge in [0.05, 0.1) is 65.1 Å². The number of aromatic nitrogens is 2. The van der Waals surface area contributed by atoms with Gasteiger partial charge in [0, 0.05) is 22.7 Å². The second kappa shape index (κ2) is 13.5. The smallest absolute Gasteiger partial charge is 0.251 e. The van der Waals surface area contributed by atoms with Gasteiger partial charge in [0.2, 0.25) is 11.5 Å². The van der Waals surface area contributed by atoms with Gasteiger partial charge in [-0.15, -0.1) is 0 Å². The summed E-state index contributed by atoms with van der Waals surface area (Å²) < 4.78 is 33.7. The molecule has 3 atom stereocenters. The van der Waals surface area contributed by atoms with E-state index in [-0.39, 0.29) is 11.9 Å². The standard InChI is InChI=1S/C35H41N3O7/c1-19-10-9-11-24(20(19)2)38-35(39)21-12-13-25-26(14-21)37-32(23-17-29(42-5)34(45-8)30(18-23)43-6)31(36-25)22-15-27(40-3)33(44-7)28(16-22)41-4/h12-20,24H,9-11H2,1-8H3,(H,38,39)/t19-,20+,24+/m0/s1.